The van der Waals surface area contributed by atoms with Crippen molar-refractivity contribution in [3.05, 3.63) is 151 Å². The normalized spacial score (nSPS) is 14.8. The zero-order valence-corrected chi connectivity index (χ0v) is 29.4. The van der Waals surface area contributed by atoms with Crippen molar-refractivity contribution in [1.82, 2.24) is 33.3 Å². The summed E-state index contributed by atoms with van der Waals surface area (Å²) in [6.07, 6.45) is 3.89. The van der Waals surface area contributed by atoms with Gasteiger partial charge >= 0.3 is 0 Å². The Morgan fingerprint density at radius 3 is 2.17 bits per heavy atom. The minimum absolute atomic E-state index is 0.158. The van der Waals surface area contributed by atoms with Gasteiger partial charge in [-0.05, 0) is 65.7 Å². The van der Waals surface area contributed by atoms with Gasteiger partial charge in [-0.15, -0.1) is 0 Å². The summed E-state index contributed by atoms with van der Waals surface area (Å²) in [5, 5.41) is 7.49. The Morgan fingerprint density at radius 1 is 0.577 bits per heavy atom. The van der Waals surface area contributed by atoms with Crippen LogP contribution in [0.3, 0.4) is 0 Å². The molecule has 0 N–H and O–H groups in total. The Labute approximate surface area is 300 Å². The van der Waals surface area contributed by atoms with E-state index in [0.717, 1.165) is 56.1 Å². The number of aromatic nitrogens is 7. The molecule has 0 saturated carbocycles. The van der Waals surface area contributed by atoms with Crippen molar-refractivity contribution in [3.63, 3.8) is 0 Å². The topological polar surface area (TPSA) is 57.9 Å². The van der Waals surface area contributed by atoms with E-state index in [0.29, 0.717) is 0 Å². The number of para-hydroxylation sites is 3. The van der Waals surface area contributed by atoms with Gasteiger partial charge in [0.25, 0.3) is 0 Å². The molecular formula is C45H35N7. The Kier molecular flexibility index (Phi) is 5.67. The molecule has 0 amide bonds. The van der Waals surface area contributed by atoms with E-state index >= 15 is 0 Å². The van der Waals surface area contributed by atoms with E-state index in [1.54, 1.807) is 0 Å². The van der Waals surface area contributed by atoms with Crippen molar-refractivity contribution < 1.29 is 0 Å². The van der Waals surface area contributed by atoms with Gasteiger partial charge in [-0.1, -0.05) is 100 Å². The van der Waals surface area contributed by atoms with E-state index in [1.165, 1.54) is 33.2 Å². The van der Waals surface area contributed by atoms with Crippen molar-refractivity contribution in [3.8, 4) is 28.3 Å². The number of hydrogen-bond donors (Lipinski definition) is 0. The van der Waals surface area contributed by atoms with Gasteiger partial charge in [-0.2, -0.15) is 5.10 Å². The Balaban J connectivity index is 1.22. The fourth-order valence-electron chi connectivity index (χ4n) is 8.81. The van der Waals surface area contributed by atoms with Crippen LogP contribution in [0, 0.1) is 0 Å². The van der Waals surface area contributed by atoms with Crippen LogP contribution in [0.2, 0.25) is 0 Å². The molecule has 0 unspecified atom stereocenters. The summed E-state index contributed by atoms with van der Waals surface area (Å²) in [5.74, 6) is 1.68. The van der Waals surface area contributed by atoms with E-state index in [4.69, 9.17) is 15.1 Å². The first-order valence-corrected chi connectivity index (χ1v) is 17.9. The highest BCUT2D eigenvalue weighted by molar-refractivity contribution is 6.14. The molecule has 0 fully saturated rings. The number of nitrogens with zero attached hydrogens (tertiary/aromatic N) is 7. The molecule has 11 rings (SSSR count). The average molecular weight is 674 g/mol. The van der Waals surface area contributed by atoms with Crippen LogP contribution in [0.15, 0.2) is 140 Å². The number of rotatable bonds is 3. The van der Waals surface area contributed by atoms with E-state index in [-0.39, 0.29) is 10.8 Å². The van der Waals surface area contributed by atoms with Crippen LogP contribution >= 0.6 is 0 Å². The summed E-state index contributed by atoms with van der Waals surface area (Å²) < 4.78 is 9.08. The molecule has 52 heavy (non-hydrogen) atoms. The van der Waals surface area contributed by atoms with Crippen molar-refractivity contribution in [2.45, 2.75) is 38.5 Å². The van der Waals surface area contributed by atoms with E-state index < -0.39 is 0 Å². The molecule has 1 aliphatic rings. The third-order valence-corrected chi connectivity index (χ3v) is 12.0. The summed E-state index contributed by atoms with van der Waals surface area (Å²) in [5.41, 5.74) is 13.2. The lowest BCUT2D eigenvalue weighted by molar-refractivity contribution is 0.276. The number of pyridine rings is 1. The predicted molar refractivity (Wildman–Crippen MR) is 210 cm³/mol. The molecule has 250 valence electrons. The monoisotopic (exact) mass is 673 g/mol. The van der Waals surface area contributed by atoms with Crippen LogP contribution in [0.5, 0.6) is 0 Å². The summed E-state index contributed by atoms with van der Waals surface area (Å²) in [7, 11) is 0. The minimum Gasteiger partial charge on any atom is -0.309 e. The summed E-state index contributed by atoms with van der Waals surface area (Å²) in [6.45, 7) is 9.47. The zero-order valence-electron chi connectivity index (χ0n) is 29.4. The Bertz CT molecular complexity index is 3060. The van der Waals surface area contributed by atoms with E-state index in [2.05, 4.69) is 155 Å². The van der Waals surface area contributed by atoms with Gasteiger partial charge in [0.1, 0.15) is 5.82 Å². The smallest absolute Gasteiger partial charge is 0.221 e. The molecule has 6 heterocycles. The van der Waals surface area contributed by atoms with E-state index in [9.17, 15) is 0 Å². The molecule has 5 aromatic carbocycles. The number of fused-ring (bicyclic) bond motifs is 11. The summed E-state index contributed by atoms with van der Waals surface area (Å²) in [4.78, 5) is 9.94. The fraction of sp³-hybridized carbons (Fsp3) is 0.133. The maximum atomic E-state index is 5.13. The molecule has 7 heteroatoms. The van der Waals surface area contributed by atoms with Gasteiger partial charge in [0, 0.05) is 39.1 Å². The molecule has 0 saturated heterocycles. The Hall–Kier alpha value is -6.47. The molecule has 0 spiro atoms. The molecule has 1 aliphatic heterocycles. The van der Waals surface area contributed by atoms with Gasteiger partial charge in [0.2, 0.25) is 5.78 Å². The SMILES string of the molecule is CC1(C)c2ccc(-n3c4ccccc4c4cc5c(cc43)n(-c3ccccn3)c3nc4ccccc4n53)cc2-n2ncc(-c3ccccc3)c2C1(C)C. The number of benzene rings is 5. The molecule has 10 aromatic rings. The van der Waals surface area contributed by atoms with Crippen LogP contribution < -0.4 is 0 Å². The second-order valence-electron chi connectivity index (χ2n) is 15.1. The molecule has 0 atom stereocenters. The molecule has 5 aromatic heterocycles. The van der Waals surface area contributed by atoms with Crippen LogP contribution in [0.4, 0.5) is 0 Å². The predicted octanol–water partition coefficient (Wildman–Crippen LogP) is 10.3. The van der Waals surface area contributed by atoms with Gasteiger partial charge < -0.3 is 4.57 Å². The third-order valence-electron chi connectivity index (χ3n) is 12.0. The quantitative estimate of drug-likeness (QED) is 0.188. The first-order chi connectivity index (χ1) is 25.3. The lowest BCUT2D eigenvalue weighted by Gasteiger charge is -2.47. The maximum Gasteiger partial charge on any atom is 0.221 e. The number of imidazole rings is 2. The minimum atomic E-state index is -0.180. The maximum absolute atomic E-state index is 5.13. The van der Waals surface area contributed by atoms with Crippen molar-refractivity contribution >= 4 is 49.7 Å². The molecule has 0 aliphatic carbocycles. The highest BCUT2D eigenvalue weighted by atomic mass is 15.3. The van der Waals surface area contributed by atoms with Gasteiger partial charge in [-0.25, -0.2) is 14.6 Å². The Morgan fingerprint density at radius 2 is 1.35 bits per heavy atom. The summed E-state index contributed by atoms with van der Waals surface area (Å²) >= 11 is 0. The number of hydrogen-bond acceptors (Lipinski definition) is 3. The van der Waals surface area contributed by atoms with Crippen molar-refractivity contribution in [2.24, 2.45) is 0 Å². The van der Waals surface area contributed by atoms with Crippen LogP contribution in [0.1, 0.15) is 39.0 Å². The summed E-state index contributed by atoms with van der Waals surface area (Å²) in [6, 6.07) is 45.4. The third kappa shape index (κ3) is 3.67. The van der Waals surface area contributed by atoms with Crippen LogP contribution in [-0.4, -0.2) is 33.3 Å². The largest absolute Gasteiger partial charge is 0.309 e. The highest BCUT2D eigenvalue weighted by Crippen LogP contribution is 2.53. The fourth-order valence-corrected chi connectivity index (χ4v) is 8.81. The molecule has 0 radical (unpaired) electrons. The van der Waals surface area contributed by atoms with Crippen LogP contribution in [0.25, 0.3) is 78.0 Å². The van der Waals surface area contributed by atoms with Crippen molar-refractivity contribution in [2.75, 3.05) is 0 Å². The second-order valence-corrected chi connectivity index (χ2v) is 15.1. The first kappa shape index (κ1) is 29.3. The standard InChI is InChI=1S/C45H35N7/c1-44(2)33-22-21-29(24-38(33)52-42(45(44,3)4)32(27-47-52)28-14-6-5-7-15-28)49-35-18-10-8-16-30(35)31-25-39-40(26-37(31)49)51(41-20-12-13-23-46-41)43-48-34-17-9-11-19-36(34)50(39)43/h5-27H,1-4H3. The van der Waals surface area contributed by atoms with Gasteiger partial charge in [0.15, 0.2) is 0 Å². The van der Waals surface area contributed by atoms with Gasteiger partial charge in [-0.3, -0.25) is 8.97 Å². The second kappa shape index (κ2) is 10.1. The van der Waals surface area contributed by atoms with Gasteiger partial charge in [0.05, 0.1) is 50.7 Å². The van der Waals surface area contributed by atoms with Crippen LogP contribution in [-0.2, 0) is 10.8 Å². The first-order valence-electron chi connectivity index (χ1n) is 17.9. The highest BCUT2D eigenvalue weighted by Gasteiger charge is 2.48. The molecule has 0 bridgehead atoms. The lowest BCUT2D eigenvalue weighted by atomic mass is 9.59. The zero-order chi connectivity index (χ0) is 34.9. The molecular weight excluding hydrogens is 639 g/mol. The average Bonchev–Trinajstić information content (AvgIpc) is 3.93. The lowest BCUT2D eigenvalue weighted by Crippen LogP contribution is -2.46. The molecule has 7 nitrogen and oxygen atoms in total. The van der Waals surface area contributed by atoms with Crippen molar-refractivity contribution in [1.29, 1.82) is 0 Å². The van der Waals surface area contributed by atoms with E-state index in [1.807, 2.05) is 30.6 Å².